The van der Waals surface area contributed by atoms with Gasteiger partial charge in [0.05, 0.1) is 17.8 Å². The maximum Gasteiger partial charge on any atom is 0.170 e. The van der Waals surface area contributed by atoms with E-state index in [4.69, 9.17) is 12.2 Å². The summed E-state index contributed by atoms with van der Waals surface area (Å²) in [5, 5.41) is 6.33. The molecule has 1 saturated heterocycles. The SMILES string of the molecule is S=C1N[C@@H](c2ccccn2)[C@H](c2cc(Br)cs2)N1Cc1ccncc1. The molecule has 1 aliphatic heterocycles. The zero-order valence-electron chi connectivity index (χ0n) is 13.2. The molecule has 0 aromatic carbocycles. The van der Waals surface area contributed by atoms with Crippen LogP contribution in [0.15, 0.2) is 64.8 Å². The van der Waals surface area contributed by atoms with E-state index in [1.54, 1.807) is 11.3 Å². The van der Waals surface area contributed by atoms with Crippen LogP contribution in [0.1, 0.15) is 28.2 Å². The first kappa shape index (κ1) is 16.6. The highest BCUT2D eigenvalue weighted by Crippen LogP contribution is 2.42. The zero-order chi connectivity index (χ0) is 17.2. The molecule has 0 unspecified atom stereocenters. The number of pyridine rings is 2. The largest absolute Gasteiger partial charge is 0.352 e. The van der Waals surface area contributed by atoms with Gasteiger partial charge in [-0.3, -0.25) is 9.97 Å². The molecule has 0 saturated carbocycles. The number of aromatic nitrogens is 2. The second-order valence-corrected chi connectivity index (χ2v) is 8.02. The Morgan fingerprint density at radius 2 is 2.04 bits per heavy atom. The van der Waals surface area contributed by atoms with E-state index in [-0.39, 0.29) is 12.1 Å². The standard InChI is InChI=1S/C18H15BrN4S2/c19-13-9-15(25-11-13)17-16(14-3-1-2-6-21-14)22-18(24)23(17)10-12-4-7-20-8-5-12/h1-9,11,16-17H,10H2,(H,22,24)/t16-,17-/m0/s1. The minimum Gasteiger partial charge on any atom is -0.352 e. The minimum atomic E-state index is 0.0288. The summed E-state index contributed by atoms with van der Waals surface area (Å²) in [6, 6.07) is 12.3. The van der Waals surface area contributed by atoms with Crippen molar-refractivity contribution >= 4 is 44.6 Å². The van der Waals surface area contributed by atoms with Gasteiger partial charge in [0.1, 0.15) is 0 Å². The van der Waals surface area contributed by atoms with Crippen LogP contribution in [-0.2, 0) is 6.54 Å². The van der Waals surface area contributed by atoms with Crippen molar-refractivity contribution in [1.82, 2.24) is 20.2 Å². The highest BCUT2D eigenvalue weighted by molar-refractivity contribution is 9.10. The van der Waals surface area contributed by atoms with Gasteiger partial charge in [0.15, 0.2) is 5.11 Å². The highest BCUT2D eigenvalue weighted by atomic mass is 79.9. The Hall–Kier alpha value is -1.83. The van der Waals surface area contributed by atoms with E-state index in [0.29, 0.717) is 0 Å². The number of hydrogen-bond donors (Lipinski definition) is 1. The topological polar surface area (TPSA) is 41.1 Å². The molecule has 3 aromatic rings. The second kappa shape index (κ2) is 7.19. The van der Waals surface area contributed by atoms with E-state index in [2.05, 4.69) is 47.6 Å². The van der Waals surface area contributed by atoms with E-state index in [1.165, 1.54) is 10.4 Å². The molecule has 4 heterocycles. The van der Waals surface area contributed by atoms with Crippen molar-refractivity contribution in [3.05, 3.63) is 81.0 Å². The molecule has 4 rings (SSSR count). The fourth-order valence-electron chi connectivity index (χ4n) is 3.05. The molecular weight excluding hydrogens is 416 g/mol. The molecule has 126 valence electrons. The summed E-state index contributed by atoms with van der Waals surface area (Å²) in [5.41, 5.74) is 2.18. The molecule has 1 aliphatic rings. The Morgan fingerprint density at radius 1 is 1.20 bits per heavy atom. The maximum absolute atomic E-state index is 5.66. The van der Waals surface area contributed by atoms with Crippen LogP contribution in [-0.4, -0.2) is 20.0 Å². The monoisotopic (exact) mass is 430 g/mol. The Bertz CT molecular complexity index is 869. The number of rotatable bonds is 4. The van der Waals surface area contributed by atoms with Crippen LogP contribution in [0.4, 0.5) is 0 Å². The average molecular weight is 431 g/mol. The number of thiocarbonyl (C=S) groups is 1. The van der Waals surface area contributed by atoms with Crippen LogP contribution < -0.4 is 5.32 Å². The van der Waals surface area contributed by atoms with Gasteiger partial charge in [-0.1, -0.05) is 6.07 Å². The van der Waals surface area contributed by atoms with Crippen molar-refractivity contribution in [2.75, 3.05) is 0 Å². The maximum atomic E-state index is 5.66. The lowest BCUT2D eigenvalue weighted by Crippen LogP contribution is -2.28. The molecule has 7 heteroatoms. The molecule has 3 aromatic heterocycles. The first-order chi connectivity index (χ1) is 12.2. The third-order valence-electron chi connectivity index (χ3n) is 4.18. The molecule has 0 radical (unpaired) electrons. The molecule has 0 spiro atoms. The van der Waals surface area contributed by atoms with Crippen LogP contribution in [0.3, 0.4) is 0 Å². The Morgan fingerprint density at radius 3 is 2.72 bits per heavy atom. The predicted octanol–water partition coefficient (Wildman–Crippen LogP) is 4.47. The van der Waals surface area contributed by atoms with Crippen LogP contribution in [0, 0.1) is 0 Å². The summed E-state index contributed by atoms with van der Waals surface area (Å²) >= 11 is 11.0. The summed E-state index contributed by atoms with van der Waals surface area (Å²) in [5.74, 6) is 0. The van der Waals surface area contributed by atoms with Crippen LogP contribution in [0.2, 0.25) is 0 Å². The number of nitrogens with one attached hydrogen (secondary N) is 1. The van der Waals surface area contributed by atoms with Crippen molar-refractivity contribution in [2.45, 2.75) is 18.6 Å². The van der Waals surface area contributed by atoms with E-state index in [1.807, 2.05) is 48.9 Å². The van der Waals surface area contributed by atoms with Crippen molar-refractivity contribution in [3.63, 3.8) is 0 Å². The summed E-state index contributed by atoms with van der Waals surface area (Å²) in [4.78, 5) is 12.1. The van der Waals surface area contributed by atoms with Crippen LogP contribution >= 0.6 is 39.5 Å². The highest BCUT2D eigenvalue weighted by Gasteiger charge is 2.40. The van der Waals surface area contributed by atoms with Gasteiger partial charge in [0.25, 0.3) is 0 Å². The molecule has 0 amide bonds. The van der Waals surface area contributed by atoms with Crippen molar-refractivity contribution in [1.29, 1.82) is 0 Å². The third kappa shape index (κ3) is 3.44. The van der Waals surface area contributed by atoms with Gasteiger partial charge in [0, 0.05) is 39.9 Å². The van der Waals surface area contributed by atoms with E-state index >= 15 is 0 Å². The van der Waals surface area contributed by atoms with Crippen molar-refractivity contribution < 1.29 is 0 Å². The van der Waals surface area contributed by atoms with Gasteiger partial charge in [-0.05, 0) is 64.0 Å². The van der Waals surface area contributed by atoms with Crippen molar-refractivity contribution in [2.24, 2.45) is 0 Å². The fraction of sp³-hybridized carbons (Fsp3) is 0.167. The van der Waals surface area contributed by atoms with Crippen LogP contribution in [0.25, 0.3) is 0 Å². The Kier molecular flexibility index (Phi) is 4.78. The normalized spacial score (nSPS) is 19.9. The molecule has 4 nitrogen and oxygen atoms in total. The summed E-state index contributed by atoms with van der Waals surface area (Å²) in [6.45, 7) is 0.734. The smallest absolute Gasteiger partial charge is 0.170 e. The lowest BCUT2D eigenvalue weighted by Gasteiger charge is -2.26. The molecule has 0 aliphatic carbocycles. The molecule has 1 N–H and O–H groups in total. The molecule has 1 fully saturated rings. The van der Waals surface area contributed by atoms with E-state index < -0.39 is 0 Å². The quantitative estimate of drug-likeness (QED) is 0.618. The van der Waals surface area contributed by atoms with Crippen LogP contribution in [0.5, 0.6) is 0 Å². The summed E-state index contributed by atoms with van der Waals surface area (Å²) in [7, 11) is 0. The zero-order valence-corrected chi connectivity index (χ0v) is 16.4. The number of nitrogens with zero attached hydrogens (tertiary/aromatic N) is 3. The third-order valence-corrected chi connectivity index (χ3v) is 6.30. The van der Waals surface area contributed by atoms with E-state index in [9.17, 15) is 0 Å². The first-order valence-corrected chi connectivity index (χ1v) is 9.91. The van der Waals surface area contributed by atoms with Gasteiger partial charge in [-0.25, -0.2) is 0 Å². The molecule has 2 atom stereocenters. The number of hydrogen-bond acceptors (Lipinski definition) is 4. The van der Waals surface area contributed by atoms with Gasteiger partial charge in [-0.2, -0.15) is 0 Å². The minimum absolute atomic E-state index is 0.0288. The average Bonchev–Trinajstić information content (AvgIpc) is 3.20. The lowest BCUT2D eigenvalue weighted by atomic mass is 10.0. The Labute approximate surface area is 164 Å². The lowest BCUT2D eigenvalue weighted by molar-refractivity contribution is 0.315. The van der Waals surface area contributed by atoms with Gasteiger partial charge < -0.3 is 10.2 Å². The Balaban J connectivity index is 1.72. The molecular formula is C18H15BrN4S2. The molecule has 25 heavy (non-hydrogen) atoms. The van der Waals surface area contributed by atoms with E-state index in [0.717, 1.165) is 21.8 Å². The summed E-state index contributed by atoms with van der Waals surface area (Å²) < 4.78 is 1.09. The fourth-order valence-corrected chi connectivity index (χ4v) is 4.95. The van der Waals surface area contributed by atoms with Gasteiger partial charge >= 0.3 is 0 Å². The first-order valence-electron chi connectivity index (χ1n) is 7.83. The molecule has 0 bridgehead atoms. The second-order valence-electron chi connectivity index (χ2n) is 5.78. The summed E-state index contributed by atoms with van der Waals surface area (Å²) in [6.07, 6.45) is 5.46. The van der Waals surface area contributed by atoms with Crippen molar-refractivity contribution in [3.8, 4) is 0 Å². The number of thiophene rings is 1. The van der Waals surface area contributed by atoms with Gasteiger partial charge in [-0.15, -0.1) is 11.3 Å². The predicted molar refractivity (Wildman–Crippen MR) is 107 cm³/mol. The number of halogens is 1. The van der Waals surface area contributed by atoms with Gasteiger partial charge in [0.2, 0.25) is 0 Å².